The largest absolute Gasteiger partial charge is 0.249 e. The highest BCUT2D eigenvalue weighted by Gasteiger charge is 2.41. The predicted octanol–water partition coefficient (Wildman–Crippen LogP) is 4.27. The van der Waals surface area contributed by atoms with Crippen molar-refractivity contribution in [1.29, 1.82) is 0 Å². The zero-order valence-corrected chi connectivity index (χ0v) is 15.7. The molecule has 0 radical (unpaired) electrons. The molecule has 4 rings (SSSR count). The van der Waals surface area contributed by atoms with Crippen molar-refractivity contribution >= 4 is 21.1 Å². The number of allylic oxidation sites excluding steroid dienone is 3. The summed E-state index contributed by atoms with van der Waals surface area (Å²) < 4.78 is 80.9. The molecule has 0 N–H and O–H groups in total. The fraction of sp³-hybridized carbons (Fsp3) is 0.158. The lowest BCUT2D eigenvalue weighted by molar-refractivity contribution is 0.466. The molecule has 0 amide bonds. The summed E-state index contributed by atoms with van der Waals surface area (Å²) in [5.74, 6) is -4.87. The fourth-order valence-corrected chi connectivity index (χ4v) is 4.88. The Morgan fingerprint density at radius 3 is 2.66 bits per heavy atom. The fourth-order valence-electron chi connectivity index (χ4n) is 3.24. The normalized spacial score (nSPS) is 19.6. The maximum atomic E-state index is 14.3. The summed E-state index contributed by atoms with van der Waals surface area (Å²) in [6.07, 6.45) is 5.89. The minimum absolute atomic E-state index is 0.00236. The number of pyridine rings is 2. The van der Waals surface area contributed by atoms with Crippen LogP contribution in [-0.4, -0.2) is 27.1 Å². The highest BCUT2D eigenvalue weighted by molar-refractivity contribution is 7.91. The molecule has 0 aliphatic heterocycles. The molecule has 0 spiro atoms. The van der Waals surface area contributed by atoms with Crippen LogP contribution in [0.5, 0.6) is 0 Å². The molecule has 3 aromatic rings. The molecule has 3 aromatic heterocycles. The molecule has 10 heteroatoms. The number of hydrogen-bond donors (Lipinski definition) is 0. The number of rotatable bonds is 3. The van der Waals surface area contributed by atoms with Crippen LogP contribution in [0.4, 0.5) is 17.6 Å². The van der Waals surface area contributed by atoms with E-state index in [1.54, 1.807) is 0 Å². The van der Waals surface area contributed by atoms with E-state index in [2.05, 4.69) is 9.97 Å². The molecule has 0 bridgehead atoms. The molecule has 1 aliphatic carbocycles. The van der Waals surface area contributed by atoms with Gasteiger partial charge in [-0.1, -0.05) is 6.08 Å². The van der Waals surface area contributed by atoms with E-state index in [4.69, 9.17) is 0 Å². The van der Waals surface area contributed by atoms with Gasteiger partial charge in [0.25, 0.3) is 0 Å². The van der Waals surface area contributed by atoms with Crippen LogP contribution in [0.25, 0.3) is 22.3 Å². The van der Waals surface area contributed by atoms with Crippen molar-refractivity contribution in [2.75, 3.05) is 0 Å². The Kier molecular flexibility index (Phi) is 4.34. The van der Waals surface area contributed by atoms with Crippen molar-refractivity contribution in [1.82, 2.24) is 13.9 Å². The summed E-state index contributed by atoms with van der Waals surface area (Å²) >= 11 is 0. The van der Waals surface area contributed by atoms with Crippen molar-refractivity contribution in [3.05, 3.63) is 72.2 Å². The molecule has 1 atom stereocenters. The van der Waals surface area contributed by atoms with E-state index < -0.39 is 43.9 Å². The third-order valence-electron chi connectivity index (χ3n) is 4.77. The first-order chi connectivity index (χ1) is 13.6. The highest BCUT2D eigenvalue weighted by atomic mass is 32.2. The van der Waals surface area contributed by atoms with E-state index in [0.717, 1.165) is 22.3 Å². The van der Waals surface area contributed by atoms with Crippen LogP contribution in [0.1, 0.15) is 13.3 Å². The summed E-state index contributed by atoms with van der Waals surface area (Å²) in [6, 6.07) is 3.26. The van der Waals surface area contributed by atoms with Gasteiger partial charge in [0, 0.05) is 29.4 Å². The van der Waals surface area contributed by atoms with Crippen molar-refractivity contribution in [3.63, 3.8) is 0 Å². The summed E-state index contributed by atoms with van der Waals surface area (Å²) in [7, 11) is -4.27. The molecule has 0 saturated carbocycles. The Balaban J connectivity index is 2.00. The lowest BCUT2D eigenvalue weighted by atomic mass is 10.0. The summed E-state index contributed by atoms with van der Waals surface area (Å²) in [5.41, 5.74) is -0.725. The monoisotopic (exact) mass is 423 g/mol. The van der Waals surface area contributed by atoms with Gasteiger partial charge in [-0.3, -0.25) is 0 Å². The van der Waals surface area contributed by atoms with Gasteiger partial charge in [0.2, 0.25) is 16.0 Å². The van der Waals surface area contributed by atoms with Crippen molar-refractivity contribution in [2.45, 2.75) is 18.1 Å². The van der Waals surface area contributed by atoms with Crippen molar-refractivity contribution in [3.8, 4) is 11.3 Å². The zero-order valence-electron chi connectivity index (χ0n) is 14.9. The third-order valence-corrected chi connectivity index (χ3v) is 7.02. The molecule has 1 unspecified atom stereocenters. The van der Waals surface area contributed by atoms with Gasteiger partial charge in [-0.15, -0.1) is 0 Å². The van der Waals surface area contributed by atoms with Gasteiger partial charge in [-0.05, 0) is 37.6 Å². The SMILES string of the molecule is CC1(S(=O)(=O)n2cc(-c3nc(F)c(F)cc3F)c3cccnc32)C=C(F)C=CC1. The number of hydrogen-bond acceptors (Lipinski definition) is 4. The number of fused-ring (bicyclic) bond motifs is 1. The van der Waals surface area contributed by atoms with Gasteiger partial charge < -0.3 is 0 Å². The third kappa shape index (κ3) is 2.94. The van der Waals surface area contributed by atoms with Gasteiger partial charge in [-0.25, -0.2) is 35.5 Å². The summed E-state index contributed by atoms with van der Waals surface area (Å²) in [6.45, 7) is 1.34. The molecular formula is C19H13F4N3O2S. The van der Waals surface area contributed by atoms with Gasteiger partial charge >= 0.3 is 0 Å². The van der Waals surface area contributed by atoms with Crippen molar-refractivity contribution in [2.24, 2.45) is 0 Å². The number of aromatic nitrogens is 3. The van der Waals surface area contributed by atoms with E-state index in [9.17, 15) is 26.0 Å². The van der Waals surface area contributed by atoms with E-state index >= 15 is 0 Å². The predicted molar refractivity (Wildman–Crippen MR) is 98.5 cm³/mol. The quantitative estimate of drug-likeness (QED) is 0.466. The molecule has 0 aromatic carbocycles. The lowest BCUT2D eigenvalue weighted by Crippen LogP contribution is -2.38. The van der Waals surface area contributed by atoms with E-state index in [-0.39, 0.29) is 23.0 Å². The van der Waals surface area contributed by atoms with Crippen LogP contribution >= 0.6 is 0 Å². The Labute approximate surface area is 163 Å². The Morgan fingerprint density at radius 2 is 1.93 bits per heavy atom. The molecule has 3 heterocycles. The molecular weight excluding hydrogens is 410 g/mol. The number of nitrogens with zero attached hydrogens (tertiary/aromatic N) is 3. The second kappa shape index (κ2) is 6.51. The maximum absolute atomic E-state index is 14.3. The Hall–Kier alpha value is -3.01. The molecule has 0 saturated heterocycles. The minimum atomic E-state index is -4.27. The molecule has 29 heavy (non-hydrogen) atoms. The Morgan fingerprint density at radius 1 is 1.17 bits per heavy atom. The van der Waals surface area contributed by atoms with Crippen LogP contribution in [0.2, 0.25) is 0 Å². The molecule has 0 fully saturated rings. The molecule has 5 nitrogen and oxygen atoms in total. The van der Waals surface area contributed by atoms with Gasteiger partial charge in [0.1, 0.15) is 16.3 Å². The van der Waals surface area contributed by atoms with Crippen LogP contribution in [0, 0.1) is 17.6 Å². The van der Waals surface area contributed by atoms with Crippen LogP contribution in [-0.2, 0) is 10.0 Å². The first-order valence-electron chi connectivity index (χ1n) is 8.42. The van der Waals surface area contributed by atoms with Crippen molar-refractivity contribution < 1.29 is 26.0 Å². The molecule has 150 valence electrons. The average molecular weight is 423 g/mol. The second-order valence-corrected chi connectivity index (χ2v) is 9.03. The first-order valence-corrected chi connectivity index (χ1v) is 9.86. The number of halogens is 4. The second-order valence-electron chi connectivity index (χ2n) is 6.76. The first kappa shape index (κ1) is 19.3. The van der Waals surface area contributed by atoms with E-state index in [1.165, 1.54) is 31.3 Å². The van der Waals surface area contributed by atoms with Gasteiger partial charge in [-0.2, -0.15) is 4.39 Å². The standard InChI is InChI=1S/C19H13F4N3O2S/c1-19(6-2-4-11(20)9-19)29(27,28)26-10-13(12-5-3-7-24-18(12)26)16-14(21)8-15(22)17(23)25-16/h2-5,7-10H,6H2,1H3. The zero-order chi connectivity index (χ0) is 21.0. The topological polar surface area (TPSA) is 64.8 Å². The highest BCUT2D eigenvalue weighted by Crippen LogP contribution is 2.37. The van der Waals surface area contributed by atoms with E-state index in [1.807, 2.05) is 0 Å². The minimum Gasteiger partial charge on any atom is -0.237 e. The maximum Gasteiger partial charge on any atom is 0.249 e. The van der Waals surface area contributed by atoms with Crippen LogP contribution in [0.3, 0.4) is 0 Å². The van der Waals surface area contributed by atoms with Gasteiger partial charge in [0.05, 0.1) is 0 Å². The van der Waals surface area contributed by atoms with Crippen LogP contribution < -0.4 is 0 Å². The van der Waals surface area contributed by atoms with Crippen LogP contribution in [0.15, 0.2) is 54.6 Å². The molecule has 1 aliphatic rings. The van der Waals surface area contributed by atoms with E-state index in [0.29, 0.717) is 6.07 Å². The summed E-state index contributed by atoms with van der Waals surface area (Å²) in [5, 5.41) is 0.160. The van der Waals surface area contributed by atoms with Gasteiger partial charge in [0.15, 0.2) is 17.3 Å². The smallest absolute Gasteiger partial charge is 0.237 e. The average Bonchev–Trinajstić information content (AvgIpc) is 3.04. The summed E-state index contributed by atoms with van der Waals surface area (Å²) in [4.78, 5) is 7.34. The Bertz CT molecular complexity index is 1310. The lowest BCUT2D eigenvalue weighted by Gasteiger charge is -2.27.